The van der Waals surface area contributed by atoms with Crippen molar-refractivity contribution in [2.75, 3.05) is 0 Å². The van der Waals surface area contributed by atoms with Crippen LogP contribution in [0.2, 0.25) is 0 Å². The molecule has 0 bridgehead atoms. The van der Waals surface area contributed by atoms with Gasteiger partial charge in [0.1, 0.15) is 5.82 Å². The highest BCUT2D eigenvalue weighted by molar-refractivity contribution is 9.10. The van der Waals surface area contributed by atoms with Crippen molar-refractivity contribution in [3.05, 3.63) is 28.5 Å². The summed E-state index contributed by atoms with van der Waals surface area (Å²) in [7, 11) is -3.84. The maximum Gasteiger partial charge on any atom is 0.303 e. The van der Waals surface area contributed by atoms with Crippen LogP contribution < -0.4 is 4.72 Å². The molecule has 0 saturated heterocycles. The fraction of sp³-hybridized carbons (Fsp3) is 0.417. The molecule has 112 valence electrons. The second-order valence-corrected chi connectivity index (χ2v) is 7.50. The van der Waals surface area contributed by atoms with E-state index in [0.29, 0.717) is 0 Å². The molecule has 0 spiro atoms. The number of carboxylic acids is 1. The molecule has 20 heavy (non-hydrogen) atoms. The predicted molar refractivity (Wildman–Crippen MR) is 75.4 cm³/mol. The molecule has 0 atom stereocenters. The molecule has 0 radical (unpaired) electrons. The van der Waals surface area contributed by atoms with E-state index in [2.05, 4.69) is 20.7 Å². The Labute approximate surface area is 125 Å². The fourth-order valence-corrected chi connectivity index (χ4v) is 3.54. The molecule has 0 unspecified atom stereocenters. The van der Waals surface area contributed by atoms with Gasteiger partial charge in [0.2, 0.25) is 10.0 Å². The first-order chi connectivity index (χ1) is 9.03. The summed E-state index contributed by atoms with van der Waals surface area (Å²) in [4.78, 5) is 10.4. The van der Waals surface area contributed by atoms with Crippen molar-refractivity contribution >= 4 is 31.9 Å². The van der Waals surface area contributed by atoms with Gasteiger partial charge in [-0.2, -0.15) is 0 Å². The zero-order chi connectivity index (χ0) is 15.6. The minimum atomic E-state index is -3.84. The Hall–Kier alpha value is -0.990. The van der Waals surface area contributed by atoms with E-state index < -0.39 is 27.3 Å². The van der Waals surface area contributed by atoms with Crippen molar-refractivity contribution in [2.45, 2.75) is 37.1 Å². The maximum atomic E-state index is 13.1. The highest BCUT2D eigenvalue weighted by Gasteiger charge is 2.27. The molecule has 0 amide bonds. The summed E-state index contributed by atoms with van der Waals surface area (Å²) in [5.74, 6) is -1.56. The summed E-state index contributed by atoms with van der Waals surface area (Å²) >= 11 is 2.92. The van der Waals surface area contributed by atoms with Crippen molar-refractivity contribution in [3.63, 3.8) is 0 Å². The Morgan fingerprint density at radius 3 is 2.55 bits per heavy atom. The van der Waals surface area contributed by atoms with Crippen LogP contribution in [-0.4, -0.2) is 25.0 Å². The van der Waals surface area contributed by atoms with Gasteiger partial charge in [-0.1, -0.05) is 0 Å². The third-order valence-electron chi connectivity index (χ3n) is 2.58. The third kappa shape index (κ3) is 4.84. The largest absolute Gasteiger partial charge is 0.481 e. The third-order valence-corrected chi connectivity index (χ3v) is 4.88. The van der Waals surface area contributed by atoms with E-state index >= 15 is 0 Å². The number of rotatable bonds is 6. The Bertz CT molecular complexity index is 616. The minimum absolute atomic E-state index is 0.0451. The van der Waals surface area contributed by atoms with Gasteiger partial charge in [0.15, 0.2) is 0 Å². The monoisotopic (exact) mass is 367 g/mol. The van der Waals surface area contributed by atoms with Crippen LogP contribution in [0.15, 0.2) is 27.6 Å². The number of carboxylic acid groups (broad SMARTS) is 1. The van der Waals surface area contributed by atoms with Gasteiger partial charge in [0, 0.05) is 12.0 Å². The lowest BCUT2D eigenvalue weighted by Gasteiger charge is -2.25. The van der Waals surface area contributed by atoms with Gasteiger partial charge >= 0.3 is 5.97 Å². The van der Waals surface area contributed by atoms with E-state index in [1.54, 1.807) is 13.8 Å². The van der Waals surface area contributed by atoms with Crippen molar-refractivity contribution in [2.24, 2.45) is 0 Å². The molecule has 0 fully saturated rings. The normalized spacial score (nSPS) is 12.4. The molecule has 0 aliphatic heterocycles. The predicted octanol–water partition coefficient (Wildman–Crippen LogP) is 2.51. The standard InChI is InChI=1S/C12H15BrFNO4S/c1-12(2,6-5-11(16)17)15-20(18,19)8-3-4-10(14)9(13)7-8/h3-4,7,15H,5-6H2,1-2H3,(H,16,17). The van der Waals surface area contributed by atoms with Gasteiger partial charge in [-0.25, -0.2) is 17.5 Å². The van der Waals surface area contributed by atoms with Crippen molar-refractivity contribution in [1.29, 1.82) is 0 Å². The molecule has 5 nitrogen and oxygen atoms in total. The van der Waals surface area contributed by atoms with E-state index in [4.69, 9.17) is 5.11 Å². The zero-order valence-corrected chi connectivity index (χ0v) is 13.4. The van der Waals surface area contributed by atoms with Gasteiger partial charge in [0.25, 0.3) is 0 Å². The first-order valence-electron chi connectivity index (χ1n) is 5.74. The number of benzene rings is 1. The van der Waals surface area contributed by atoms with Crippen LogP contribution in [0.3, 0.4) is 0 Å². The highest BCUT2D eigenvalue weighted by Crippen LogP contribution is 2.22. The second kappa shape index (κ2) is 6.19. The zero-order valence-electron chi connectivity index (χ0n) is 11.0. The lowest BCUT2D eigenvalue weighted by atomic mass is 10.0. The van der Waals surface area contributed by atoms with E-state index in [9.17, 15) is 17.6 Å². The summed E-state index contributed by atoms with van der Waals surface area (Å²) in [6.45, 7) is 3.18. The van der Waals surface area contributed by atoms with Crippen LogP contribution in [0.5, 0.6) is 0 Å². The molecule has 0 aliphatic rings. The quantitative estimate of drug-likeness (QED) is 0.808. The Balaban J connectivity index is 2.93. The molecule has 0 saturated carbocycles. The topological polar surface area (TPSA) is 83.5 Å². The van der Waals surface area contributed by atoms with Gasteiger partial charge < -0.3 is 5.11 Å². The van der Waals surface area contributed by atoms with Gasteiger partial charge in [0.05, 0.1) is 9.37 Å². The maximum absolute atomic E-state index is 13.1. The number of sulfonamides is 1. The molecule has 1 rings (SSSR count). The Morgan fingerprint density at radius 1 is 1.45 bits per heavy atom. The van der Waals surface area contributed by atoms with E-state index in [1.165, 1.54) is 0 Å². The number of halogens is 2. The fourth-order valence-electron chi connectivity index (χ4n) is 1.54. The Morgan fingerprint density at radius 2 is 2.05 bits per heavy atom. The first kappa shape index (κ1) is 17.1. The van der Waals surface area contributed by atoms with Crippen molar-refractivity contribution in [1.82, 2.24) is 4.72 Å². The van der Waals surface area contributed by atoms with Crippen molar-refractivity contribution < 1.29 is 22.7 Å². The number of carbonyl (C=O) groups is 1. The van der Waals surface area contributed by atoms with Gasteiger partial charge in [-0.05, 0) is 54.4 Å². The molecule has 0 heterocycles. The molecular weight excluding hydrogens is 353 g/mol. The summed E-state index contributed by atoms with van der Waals surface area (Å²) in [5.41, 5.74) is -0.919. The number of nitrogens with one attached hydrogen (secondary N) is 1. The lowest BCUT2D eigenvalue weighted by Crippen LogP contribution is -2.43. The molecular formula is C12H15BrFNO4S. The van der Waals surface area contributed by atoms with E-state index in [-0.39, 0.29) is 22.2 Å². The number of hydrogen-bond donors (Lipinski definition) is 2. The molecule has 1 aromatic carbocycles. The summed E-state index contributed by atoms with van der Waals surface area (Å²) in [6.07, 6.45) is -0.00738. The number of hydrogen-bond acceptors (Lipinski definition) is 3. The number of aliphatic carboxylic acids is 1. The minimum Gasteiger partial charge on any atom is -0.481 e. The molecule has 0 aliphatic carbocycles. The van der Waals surface area contributed by atoms with E-state index in [0.717, 1.165) is 18.2 Å². The highest BCUT2D eigenvalue weighted by atomic mass is 79.9. The SMILES string of the molecule is CC(C)(CCC(=O)O)NS(=O)(=O)c1ccc(F)c(Br)c1. The summed E-state index contributed by atoms with van der Waals surface area (Å²) in [6, 6.07) is 3.35. The van der Waals surface area contributed by atoms with Crippen LogP contribution in [0.25, 0.3) is 0 Å². The van der Waals surface area contributed by atoms with Crippen LogP contribution in [-0.2, 0) is 14.8 Å². The lowest BCUT2D eigenvalue weighted by molar-refractivity contribution is -0.137. The smallest absolute Gasteiger partial charge is 0.303 e. The van der Waals surface area contributed by atoms with Crippen LogP contribution in [0, 0.1) is 5.82 Å². The second-order valence-electron chi connectivity index (χ2n) is 4.96. The molecule has 0 aromatic heterocycles. The van der Waals surface area contributed by atoms with Crippen LogP contribution >= 0.6 is 15.9 Å². The molecule has 1 aromatic rings. The van der Waals surface area contributed by atoms with Crippen LogP contribution in [0.1, 0.15) is 26.7 Å². The molecule has 8 heteroatoms. The molecule has 2 N–H and O–H groups in total. The van der Waals surface area contributed by atoms with Gasteiger partial charge in [-0.3, -0.25) is 4.79 Å². The summed E-state index contributed by atoms with van der Waals surface area (Å²) < 4.78 is 39.9. The van der Waals surface area contributed by atoms with Crippen LogP contribution in [0.4, 0.5) is 4.39 Å². The van der Waals surface area contributed by atoms with Gasteiger partial charge in [-0.15, -0.1) is 0 Å². The first-order valence-corrected chi connectivity index (χ1v) is 8.02. The average Bonchev–Trinajstić information content (AvgIpc) is 2.29. The Kier molecular flexibility index (Phi) is 5.28. The van der Waals surface area contributed by atoms with Crippen molar-refractivity contribution in [3.8, 4) is 0 Å². The summed E-state index contributed by atoms with van der Waals surface area (Å²) in [5, 5.41) is 8.63. The average molecular weight is 368 g/mol. The van der Waals surface area contributed by atoms with E-state index in [1.807, 2.05) is 0 Å².